The molecule has 4 aromatic rings. The van der Waals surface area contributed by atoms with E-state index in [4.69, 9.17) is 29.2 Å². The monoisotopic (exact) mass is 852 g/mol. The number of nitrogens with one attached hydrogen (secondary N) is 2. The van der Waals surface area contributed by atoms with Gasteiger partial charge in [0.15, 0.2) is 23.0 Å². The zero-order valence-corrected chi connectivity index (χ0v) is 34.7. The van der Waals surface area contributed by atoms with Crippen LogP contribution in [0, 0.1) is 11.6 Å². The van der Waals surface area contributed by atoms with E-state index >= 15 is 0 Å². The van der Waals surface area contributed by atoms with Crippen molar-refractivity contribution < 1.29 is 47.5 Å². The van der Waals surface area contributed by atoms with E-state index in [1.165, 1.54) is 11.1 Å². The maximum absolute atomic E-state index is 13.4. The number of para-hydroxylation sites is 2. The van der Waals surface area contributed by atoms with Gasteiger partial charge in [-0.3, -0.25) is 0 Å². The maximum Gasteiger partial charge on any atom is 0.328 e. The zero-order valence-electron chi connectivity index (χ0n) is 34.7. The number of hydrogen-bond acceptors (Lipinski definition) is 10. The molecule has 0 amide bonds. The quantitative estimate of drug-likeness (QED) is 0.147. The van der Waals surface area contributed by atoms with Gasteiger partial charge >= 0.3 is 11.9 Å². The molecule has 0 saturated carbocycles. The van der Waals surface area contributed by atoms with Crippen molar-refractivity contribution in [3.63, 3.8) is 0 Å². The Morgan fingerprint density at radius 2 is 0.919 bits per heavy atom. The topological polar surface area (TPSA) is 142 Å². The van der Waals surface area contributed by atoms with Gasteiger partial charge in [-0.25, -0.2) is 18.4 Å². The van der Waals surface area contributed by atoms with Crippen LogP contribution in [0.5, 0.6) is 23.0 Å². The third kappa shape index (κ3) is 10.8. The summed E-state index contributed by atoms with van der Waals surface area (Å²) in [6, 6.07) is 24.6. The number of ether oxygens (including phenoxy) is 4. The standard InChI is InChI=1S/2C22H25FN2O2.C4H4O4/c2*23-17-5-4-15-13-19(14-16(15)12-17)24-18-6-8-25(9-7-18)20-2-1-3-21-22(20)27-11-10-26-21;5-3(6)1-2-4(7)8/h2*1-5,12,18-19,24H,6-11,13-14H2;1-2H,(H,5,6)(H,7,8)/b;;2-1+. The molecule has 2 atom stereocenters. The average molecular weight is 853 g/mol. The summed E-state index contributed by atoms with van der Waals surface area (Å²) in [7, 11) is 0. The summed E-state index contributed by atoms with van der Waals surface area (Å²) in [5, 5.41) is 23.3. The molecule has 0 spiro atoms. The average Bonchev–Trinajstić information content (AvgIpc) is 3.88. The Labute approximate surface area is 360 Å². The Morgan fingerprint density at radius 3 is 1.32 bits per heavy atom. The molecular weight excluding hydrogens is 799 g/mol. The Balaban J connectivity index is 0.000000146. The molecule has 6 aliphatic rings. The Kier molecular flexibility index (Phi) is 13.7. The van der Waals surface area contributed by atoms with Gasteiger partial charge in [0.25, 0.3) is 0 Å². The number of aliphatic carboxylic acids is 2. The minimum atomic E-state index is -1.26. The van der Waals surface area contributed by atoms with Crippen molar-refractivity contribution >= 4 is 23.3 Å². The van der Waals surface area contributed by atoms with Crippen LogP contribution in [0.4, 0.5) is 20.2 Å². The summed E-state index contributed by atoms with van der Waals surface area (Å²) in [5.74, 6) is 0.733. The summed E-state index contributed by atoms with van der Waals surface area (Å²) < 4.78 is 50.0. The van der Waals surface area contributed by atoms with Gasteiger partial charge < -0.3 is 49.6 Å². The van der Waals surface area contributed by atoms with E-state index in [2.05, 4.69) is 32.6 Å². The minimum Gasteiger partial charge on any atom is -0.486 e. The van der Waals surface area contributed by atoms with E-state index in [1.54, 1.807) is 24.3 Å². The van der Waals surface area contributed by atoms with Gasteiger partial charge in [0, 0.05) is 62.5 Å². The largest absolute Gasteiger partial charge is 0.486 e. The molecular formula is C48H54F2N4O8. The molecule has 62 heavy (non-hydrogen) atoms. The van der Waals surface area contributed by atoms with Crippen molar-refractivity contribution in [2.24, 2.45) is 0 Å². The first-order chi connectivity index (χ1) is 30.1. The first-order valence-corrected chi connectivity index (χ1v) is 21.6. The van der Waals surface area contributed by atoms with Crippen LogP contribution in [0.2, 0.25) is 0 Å². The smallest absolute Gasteiger partial charge is 0.328 e. The summed E-state index contributed by atoms with van der Waals surface area (Å²) in [5.41, 5.74) is 7.21. The van der Waals surface area contributed by atoms with E-state index in [0.29, 0.717) is 62.7 Å². The summed E-state index contributed by atoms with van der Waals surface area (Å²) >= 11 is 0. The second kappa shape index (κ2) is 19.9. The lowest BCUT2D eigenvalue weighted by Crippen LogP contribution is -2.46. The SMILES string of the molecule is Fc1ccc2c(c1)CC(NC1CCN(c3cccc4c3OCCO4)CC1)C2.Fc1ccc2c(c1)CC(NC1CCN(c3cccc4c3OCCO4)CC1)C2.O=C(O)/C=C/C(=O)O. The number of nitrogens with zero attached hydrogens (tertiary/aromatic N) is 2. The van der Waals surface area contributed by atoms with Gasteiger partial charge in [-0.15, -0.1) is 0 Å². The second-order valence-corrected chi connectivity index (χ2v) is 16.5. The lowest BCUT2D eigenvalue weighted by atomic mass is 10.0. The predicted molar refractivity (Wildman–Crippen MR) is 231 cm³/mol. The van der Waals surface area contributed by atoms with Crippen LogP contribution in [0.25, 0.3) is 0 Å². The molecule has 0 bridgehead atoms. The van der Waals surface area contributed by atoms with E-state index < -0.39 is 11.9 Å². The summed E-state index contributed by atoms with van der Waals surface area (Å²) in [6.45, 7) is 6.50. The number of anilines is 2. The third-order valence-corrected chi connectivity index (χ3v) is 12.3. The van der Waals surface area contributed by atoms with Crippen LogP contribution in [-0.2, 0) is 35.3 Å². The zero-order chi connectivity index (χ0) is 43.0. The fourth-order valence-electron chi connectivity index (χ4n) is 9.41. The predicted octanol–water partition coefficient (Wildman–Crippen LogP) is 6.36. The molecule has 4 aliphatic heterocycles. The lowest BCUT2D eigenvalue weighted by Gasteiger charge is -2.36. The number of piperidine rings is 2. The van der Waals surface area contributed by atoms with E-state index in [-0.39, 0.29) is 11.6 Å². The Bertz CT molecular complexity index is 2090. The number of hydrogen-bond donors (Lipinski definition) is 4. The van der Waals surface area contributed by atoms with Crippen LogP contribution >= 0.6 is 0 Å². The van der Waals surface area contributed by atoms with Crippen LogP contribution in [-0.4, -0.2) is 98.9 Å². The second-order valence-electron chi connectivity index (χ2n) is 16.5. The van der Waals surface area contributed by atoms with Gasteiger partial charge in [-0.2, -0.15) is 0 Å². The molecule has 0 aromatic heterocycles. The molecule has 2 fully saturated rings. The van der Waals surface area contributed by atoms with Gasteiger partial charge in [-0.1, -0.05) is 24.3 Å². The molecule has 12 nitrogen and oxygen atoms in total. The number of carbonyl (C=O) groups is 2. The highest BCUT2D eigenvalue weighted by Crippen LogP contribution is 2.42. The summed E-state index contributed by atoms with van der Waals surface area (Å²) in [6.07, 6.45) is 9.41. The third-order valence-electron chi connectivity index (χ3n) is 12.3. The van der Waals surface area contributed by atoms with Gasteiger partial charge in [-0.05, 0) is 122 Å². The van der Waals surface area contributed by atoms with Crippen molar-refractivity contribution in [3.05, 3.63) is 119 Å². The number of carboxylic acids is 2. The molecule has 10 rings (SSSR count). The van der Waals surface area contributed by atoms with Crippen molar-refractivity contribution in [2.45, 2.75) is 75.5 Å². The molecule has 0 radical (unpaired) electrons. The molecule has 14 heteroatoms. The molecule has 4 aromatic carbocycles. The van der Waals surface area contributed by atoms with Crippen LogP contribution in [0.15, 0.2) is 84.9 Å². The molecule has 2 aliphatic carbocycles. The van der Waals surface area contributed by atoms with Gasteiger partial charge in [0.05, 0.1) is 11.4 Å². The fourth-order valence-corrected chi connectivity index (χ4v) is 9.41. The van der Waals surface area contributed by atoms with Gasteiger partial charge in [0.2, 0.25) is 0 Å². The van der Waals surface area contributed by atoms with Crippen LogP contribution < -0.4 is 39.4 Å². The number of carboxylic acid groups (broad SMARTS) is 2. The first-order valence-electron chi connectivity index (χ1n) is 21.6. The maximum atomic E-state index is 13.4. The van der Waals surface area contributed by atoms with Crippen molar-refractivity contribution in [3.8, 4) is 23.0 Å². The van der Waals surface area contributed by atoms with Gasteiger partial charge in [0.1, 0.15) is 38.1 Å². The van der Waals surface area contributed by atoms with E-state index in [1.807, 2.05) is 36.4 Å². The number of rotatable bonds is 8. The number of halogens is 2. The lowest BCUT2D eigenvalue weighted by molar-refractivity contribution is -0.134. The number of fused-ring (bicyclic) bond motifs is 4. The Hall–Kier alpha value is -5.86. The highest BCUT2D eigenvalue weighted by Gasteiger charge is 2.30. The molecule has 4 heterocycles. The van der Waals surface area contributed by atoms with Crippen molar-refractivity contribution in [2.75, 3.05) is 62.4 Å². The molecule has 4 N–H and O–H groups in total. The van der Waals surface area contributed by atoms with Crippen molar-refractivity contribution in [1.29, 1.82) is 0 Å². The molecule has 2 unspecified atom stereocenters. The first kappa shape index (κ1) is 42.8. The molecule has 2 saturated heterocycles. The van der Waals surface area contributed by atoms with Crippen molar-refractivity contribution in [1.82, 2.24) is 10.6 Å². The number of benzene rings is 4. The van der Waals surface area contributed by atoms with E-state index in [0.717, 1.165) is 123 Å². The molecule has 328 valence electrons. The highest BCUT2D eigenvalue weighted by atomic mass is 19.1. The highest BCUT2D eigenvalue weighted by molar-refractivity contribution is 5.89. The minimum absolute atomic E-state index is 0.125. The summed E-state index contributed by atoms with van der Waals surface area (Å²) in [4.78, 5) is 23.9. The Morgan fingerprint density at radius 1 is 0.532 bits per heavy atom. The van der Waals surface area contributed by atoms with E-state index in [9.17, 15) is 18.4 Å². The fraction of sp³-hybridized carbons (Fsp3) is 0.417. The van der Waals surface area contributed by atoms with Crippen LogP contribution in [0.1, 0.15) is 47.9 Å². The normalized spacial score (nSPS) is 20.4. The van der Waals surface area contributed by atoms with Crippen LogP contribution in [0.3, 0.4) is 0 Å².